The summed E-state index contributed by atoms with van der Waals surface area (Å²) in [4.78, 5) is 18.7. The highest BCUT2D eigenvalue weighted by atomic mass is 32.2. The van der Waals surface area contributed by atoms with Crippen LogP contribution in [0.1, 0.15) is 39.2 Å². The molecule has 0 aromatic carbocycles. The molecule has 0 spiro atoms. The lowest BCUT2D eigenvalue weighted by Gasteiger charge is -2.07. The number of thioether (sulfide) groups is 1. The molecule has 0 saturated carbocycles. The predicted molar refractivity (Wildman–Crippen MR) is 69.8 cm³/mol. The number of nitrogens with zero attached hydrogens (tertiary/aromatic N) is 1. The second kappa shape index (κ2) is 6.09. The molecule has 0 unspecified atom stereocenters. The first-order valence-electron chi connectivity index (χ1n) is 5.68. The Balaban J connectivity index is 2.77. The van der Waals surface area contributed by atoms with Gasteiger partial charge in [-0.25, -0.2) is 4.98 Å². The van der Waals surface area contributed by atoms with Crippen molar-refractivity contribution in [2.45, 2.75) is 45.1 Å². The molecule has 4 heteroatoms. The molecule has 1 rings (SSSR count). The van der Waals surface area contributed by atoms with Gasteiger partial charge < -0.3 is 4.98 Å². The van der Waals surface area contributed by atoms with Gasteiger partial charge in [0.15, 0.2) is 0 Å². The third-order valence-corrected chi connectivity index (χ3v) is 3.12. The van der Waals surface area contributed by atoms with E-state index in [-0.39, 0.29) is 5.56 Å². The molecule has 0 aliphatic rings. The summed E-state index contributed by atoms with van der Waals surface area (Å²) in [6.07, 6.45) is 0.864. The molecule has 90 valence electrons. The zero-order valence-corrected chi connectivity index (χ0v) is 11.2. The van der Waals surface area contributed by atoms with Crippen molar-refractivity contribution in [1.29, 1.82) is 0 Å². The minimum absolute atomic E-state index is 0.0370. The largest absolute Gasteiger partial charge is 0.310 e. The number of hydrogen-bond acceptors (Lipinski definition) is 3. The van der Waals surface area contributed by atoms with Gasteiger partial charge in [-0.05, 0) is 17.6 Å². The molecule has 0 radical (unpaired) electrons. The Bertz CT molecular complexity index is 385. The van der Waals surface area contributed by atoms with Crippen LogP contribution in [0.25, 0.3) is 0 Å². The van der Waals surface area contributed by atoms with E-state index in [9.17, 15) is 4.79 Å². The van der Waals surface area contributed by atoms with Gasteiger partial charge in [0.05, 0.1) is 5.75 Å². The van der Waals surface area contributed by atoms with Gasteiger partial charge in [0.1, 0.15) is 5.82 Å². The SMILES string of the molecule is CC(C)Cc1cc(=O)[nH]c(CSC(C)C)n1. The average molecular weight is 240 g/mol. The van der Waals surface area contributed by atoms with Gasteiger partial charge in [0.25, 0.3) is 5.56 Å². The minimum atomic E-state index is -0.0370. The second-order valence-corrected chi connectivity index (χ2v) is 6.21. The lowest BCUT2D eigenvalue weighted by molar-refractivity contribution is 0.630. The lowest BCUT2D eigenvalue weighted by Crippen LogP contribution is -2.13. The van der Waals surface area contributed by atoms with Crippen molar-refractivity contribution < 1.29 is 0 Å². The van der Waals surface area contributed by atoms with Crippen LogP contribution in [-0.2, 0) is 12.2 Å². The Hall–Kier alpha value is -0.770. The van der Waals surface area contributed by atoms with E-state index < -0.39 is 0 Å². The average Bonchev–Trinajstić information content (AvgIpc) is 2.12. The highest BCUT2D eigenvalue weighted by Crippen LogP contribution is 2.14. The molecule has 0 amide bonds. The summed E-state index contributed by atoms with van der Waals surface area (Å²) in [5.41, 5.74) is 0.864. The van der Waals surface area contributed by atoms with E-state index in [4.69, 9.17) is 0 Å². The topological polar surface area (TPSA) is 45.8 Å². The Morgan fingerprint density at radius 3 is 2.62 bits per heavy atom. The highest BCUT2D eigenvalue weighted by molar-refractivity contribution is 7.99. The highest BCUT2D eigenvalue weighted by Gasteiger charge is 2.04. The molecule has 0 aliphatic heterocycles. The van der Waals surface area contributed by atoms with Gasteiger partial charge in [-0.2, -0.15) is 11.8 Å². The fraction of sp³-hybridized carbons (Fsp3) is 0.667. The first-order valence-corrected chi connectivity index (χ1v) is 6.73. The Morgan fingerprint density at radius 2 is 2.06 bits per heavy atom. The summed E-state index contributed by atoms with van der Waals surface area (Å²) >= 11 is 1.79. The number of H-pyrrole nitrogens is 1. The van der Waals surface area contributed by atoms with Crippen LogP contribution in [0.2, 0.25) is 0 Å². The van der Waals surface area contributed by atoms with Gasteiger partial charge >= 0.3 is 0 Å². The normalized spacial score (nSPS) is 11.4. The quantitative estimate of drug-likeness (QED) is 0.860. The van der Waals surface area contributed by atoms with Crippen LogP contribution in [0.3, 0.4) is 0 Å². The van der Waals surface area contributed by atoms with E-state index in [1.165, 1.54) is 0 Å². The van der Waals surface area contributed by atoms with E-state index in [0.717, 1.165) is 23.7 Å². The van der Waals surface area contributed by atoms with E-state index in [1.54, 1.807) is 17.8 Å². The third kappa shape index (κ3) is 4.84. The number of rotatable bonds is 5. The van der Waals surface area contributed by atoms with Crippen LogP contribution in [-0.4, -0.2) is 15.2 Å². The summed E-state index contributed by atoms with van der Waals surface area (Å²) in [6, 6.07) is 1.60. The maximum absolute atomic E-state index is 11.4. The van der Waals surface area contributed by atoms with Gasteiger partial charge in [-0.1, -0.05) is 27.7 Å². The van der Waals surface area contributed by atoms with E-state index in [2.05, 4.69) is 37.7 Å². The van der Waals surface area contributed by atoms with E-state index >= 15 is 0 Å². The lowest BCUT2D eigenvalue weighted by atomic mass is 10.1. The van der Waals surface area contributed by atoms with Crippen molar-refractivity contribution in [1.82, 2.24) is 9.97 Å². The summed E-state index contributed by atoms with van der Waals surface area (Å²) in [5.74, 6) is 2.10. The van der Waals surface area contributed by atoms with Crippen molar-refractivity contribution in [2.24, 2.45) is 5.92 Å². The molecule has 0 fully saturated rings. The molecule has 0 atom stereocenters. The van der Waals surface area contributed by atoms with E-state index in [0.29, 0.717) is 11.2 Å². The minimum Gasteiger partial charge on any atom is -0.310 e. The maximum atomic E-state index is 11.4. The van der Waals surface area contributed by atoms with Crippen LogP contribution in [0.15, 0.2) is 10.9 Å². The van der Waals surface area contributed by atoms with Gasteiger partial charge in [0, 0.05) is 11.8 Å². The Labute approximate surface area is 101 Å². The number of nitrogens with one attached hydrogen (secondary N) is 1. The number of aromatic amines is 1. The molecular weight excluding hydrogens is 220 g/mol. The molecule has 1 aromatic rings. The van der Waals surface area contributed by atoms with Gasteiger partial charge in [-0.3, -0.25) is 4.79 Å². The van der Waals surface area contributed by atoms with Crippen LogP contribution in [0, 0.1) is 5.92 Å². The fourth-order valence-electron chi connectivity index (χ4n) is 1.40. The molecule has 0 bridgehead atoms. The molecule has 0 aliphatic carbocycles. The molecule has 1 heterocycles. The zero-order chi connectivity index (χ0) is 12.1. The van der Waals surface area contributed by atoms with Crippen LogP contribution in [0.4, 0.5) is 0 Å². The van der Waals surface area contributed by atoms with Crippen molar-refractivity contribution in [3.8, 4) is 0 Å². The van der Waals surface area contributed by atoms with Crippen molar-refractivity contribution in [2.75, 3.05) is 0 Å². The number of aromatic nitrogens is 2. The summed E-state index contributed by atoms with van der Waals surface area (Å²) in [6.45, 7) is 8.54. The predicted octanol–water partition coefficient (Wildman–Crippen LogP) is 2.61. The molecular formula is C12H20N2OS. The van der Waals surface area contributed by atoms with Crippen LogP contribution in [0.5, 0.6) is 0 Å². The maximum Gasteiger partial charge on any atom is 0.251 e. The molecule has 16 heavy (non-hydrogen) atoms. The molecule has 3 nitrogen and oxygen atoms in total. The standard InChI is InChI=1S/C12H20N2OS/c1-8(2)5-10-6-12(15)14-11(13-10)7-16-9(3)4/h6,8-9H,5,7H2,1-4H3,(H,13,14,15). The Kier molecular flexibility index (Phi) is 5.06. The summed E-state index contributed by atoms with van der Waals surface area (Å²) in [5, 5.41) is 0.555. The zero-order valence-electron chi connectivity index (χ0n) is 10.4. The molecule has 0 saturated heterocycles. The third-order valence-electron chi connectivity index (χ3n) is 2.01. The monoisotopic (exact) mass is 240 g/mol. The summed E-state index contributed by atoms with van der Waals surface area (Å²) in [7, 11) is 0. The smallest absolute Gasteiger partial charge is 0.251 e. The fourth-order valence-corrected chi connectivity index (χ4v) is 2.03. The van der Waals surface area contributed by atoms with Crippen molar-refractivity contribution in [3.05, 3.63) is 27.9 Å². The second-order valence-electron chi connectivity index (χ2n) is 4.64. The van der Waals surface area contributed by atoms with Crippen LogP contribution < -0.4 is 5.56 Å². The molecule has 1 N–H and O–H groups in total. The number of hydrogen-bond donors (Lipinski definition) is 1. The van der Waals surface area contributed by atoms with E-state index in [1.807, 2.05) is 0 Å². The Morgan fingerprint density at radius 1 is 1.38 bits per heavy atom. The van der Waals surface area contributed by atoms with Crippen molar-refractivity contribution >= 4 is 11.8 Å². The van der Waals surface area contributed by atoms with Crippen LogP contribution >= 0.6 is 11.8 Å². The first kappa shape index (κ1) is 13.3. The van der Waals surface area contributed by atoms with Gasteiger partial charge in [-0.15, -0.1) is 0 Å². The first-order chi connectivity index (χ1) is 7.47. The summed E-state index contributed by atoms with van der Waals surface area (Å²) < 4.78 is 0. The van der Waals surface area contributed by atoms with Crippen molar-refractivity contribution in [3.63, 3.8) is 0 Å². The van der Waals surface area contributed by atoms with Gasteiger partial charge in [0.2, 0.25) is 0 Å². The molecule has 1 aromatic heterocycles.